The van der Waals surface area contributed by atoms with E-state index in [2.05, 4.69) is 24.8 Å². The van der Waals surface area contributed by atoms with Gasteiger partial charge in [0, 0.05) is 47.5 Å². The van der Waals surface area contributed by atoms with Gasteiger partial charge in [0.1, 0.15) is 12.3 Å². The van der Waals surface area contributed by atoms with Crippen LogP contribution < -0.4 is 9.64 Å². The lowest BCUT2D eigenvalue weighted by molar-refractivity contribution is -0.437. The highest BCUT2D eigenvalue weighted by atomic mass is 32.2. The molecule has 2 aromatic carbocycles. The molecule has 0 saturated carbocycles. The van der Waals surface area contributed by atoms with Crippen molar-refractivity contribution < 1.29 is 40.0 Å². The van der Waals surface area contributed by atoms with Crippen molar-refractivity contribution in [3.63, 3.8) is 0 Å². The molecule has 2 heterocycles. The fraction of sp³-hybridized carbons (Fsp3) is 0.419. The van der Waals surface area contributed by atoms with E-state index in [-0.39, 0.29) is 24.3 Å². The summed E-state index contributed by atoms with van der Waals surface area (Å²) in [6.07, 6.45) is 6.36. The summed E-state index contributed by atoms with van der Waals surface area (Å²) in [6.45, 7) is 11.4. The summed E-state index contributed by atoms with van der Waals surface area (Å²) in [5, 5.41) is 0. The maximum absolute atomic E-state index is 11.4. The smallest absolute Gasteiger partial charge is 0.298 e. The van der Waals surface area contributed by atoms with Gasteiger partial charge in [-0.05, 0) is 57.0 Å². The molecule has 0 atom stereocenters. The van der Waals surface area contributed by atoms with Crippen molar-refractivity contribution in [3.8, 4) is 5.75 Å². The minimum absolute atomic E-state index is 0.197. The Hall–Kier alpha value is -3.32. The number of nitrogens with zero attached hydrogens (tertiary/aromatic N) is 2. The largest absolute Gasteiger partial charge is 0.429 e. The number of allylic oxidation sites excluding steroid dienone is 4. The first-order chi connectivity index (χ1) is 20.0. The van der Waals surface area contributed by atoms with Gasteiger partial charge in [-0.15, -0.1) is 0 Å². The van der Waals surface area contributed by atoms with Crippen LogP contribution in [0.4, 0.5) is 11.4 Å². The Bertz CT molecular complexity index is 1740. The summed E-state index contributed by atoms with van der Waals surface area (Å²) in [5.74, 6) is -0.322. The molecule has 0 amide bonds. The average molecular weight is 632 g/mol. The molecule has 10 nitrogen and oxygen atoms in total. The number of hydrogen-bond acceptors (Lipinski definition) is 7. The van der Waals surface area contributed by atoms with E-state index in [0.717, 1.165) is 39.5 Å². The number of aryl methyl sites for hydroxylation is 1. The minimum atomic E-state index is -4.13. The number of carbonyl (C=O) groups excluding carboxylic acids is 1. The second-order valence-electron chi connectivity index (χ2n) is 12.0. The highest BCUT2D eigenvalue weighted by Crippen LogP contribution is 2.48. The zero-order valence-electron chi connectivity index (χ0n) is 25.1. The normalized spacial score (nSPS) is 18.4. The standard InChI is InChI=1S/C31H38N2O8S2/c1-22-11-13-26-24(19-22)30(2,3)28(32(26)15-7-17-42(35,36)37)9-6-10-29-31(4,5)25-20-23(41-21-34)12-14-27(25)33(29)16-8-18-43(38,39)40/h6,9-14,19-21H,7-8,15-18H2,1-5H3,(H-,35,36,37,38,39,40)/p+1. The number of anilines is 1. The molecule has 0 unspecified atom stereocenters. The molecule has 0 bridgehead atoms. The third-order valence-electron chi connectivity index (χ3n) is 8.17. The summed E-state index contributed by atoms with van der Waals surface area (Å²) >= 11 is 0. The molecule has 0 spiro atoms. The summed E-state index contributed by atoms with van der Waals surface area (Å²) in [6, 6.07) is 11.5. The average Bonchev–Trinajstić information content (AvgIpc) is 3.22. The zero-order chi connectivity index (χ0) is 31.8. The fourth-order valence-corrected chi connectivity index (χ4v) is 7.08. The van der Waals surface area contributed by atoms with Gasteiger partial charge in [0.15, 0.2) is 5.71 Å². The van der Waals surface area contributed by atoms with Gasteiger partial charge >= 0.3 is 0 Å². The van der Waals surface area contributed by atoms with Crippen molar-refractivity contribution >= 4 is 43.8 Å². The zero-order valence-corrected chi connectivity index (χ0v) is 26.7. The van der Waals surface area contributed by atoms with Gasteiger partial charge in [0.2, 0.25) is 5.69 Å². The highest BCUT2D eigenvalue weighted by molar-refractivity contribution is 7.86. The molecular weight excluding hydrogens is 592 g/mol. The fourth-order valence-electron chi connectivity index (χ4n) is 6.10. The third-order valence-corrected chi connectivity index (χ3v) is 9.78. The van der Waals surface area contributed by atoms with Crippen LogP contribution in [-0.2, 0) is 35.9 Å². The molecular formula is C31H39N2O8S2+. The van der Waals surface area contributed by atoms with E-state index in [1.54, 1.807) is 12.1 Å². The number of benzene rings is 2. The maximum Gasteiger partial charge on any atom is 0.298 e. The molecule has 232 valence electrons. The predicted octanol–water partition coefficient (Wildman–Crippen LogP) is 4.70. The highest BCUT2D eigenvalue weighted by Gasteiger charge is 2.45. The van der Waals surface area contributed by atoms with E-state index in [1.807, 2.05) is 61.8 Å². The third kappa shape index (κ3) is 7.09. The first-order valence-corrected chi connectivity index (χ1v) is 17.2. The molecule has 0 radical (unpaired) electrons. The van der Waals surface area contributed by atoms with Gasteiger partial charge < -0.3 is 9.64 Å². The SMILES string of the molecule is Cc1ccc2c(c1)C(C)(C)/C(=C\C=C\C1=[N+](CCCS(=O)(=O)O)c3ccc(OC=O)cc3C1(C)C)N2CCCS(=O)(=O)O. The molecule has 0 saturated heterocycles. The van der Waals surface area contributed by atoms with E-state index < -0.39 is 31.1 Å². The van der Waals surface area contributed by atoms with Gasteiger partial charge in [-0.25, -0.2) is 0 Å². The van der Waals surface area contributed by atoms with Crippen LogP contribution in [0.3, 0.4) is 0 Å². The van der Waals surface area contributed by atoms with E-state index >= 15 is 0 Å². The molecule has 2 aliphatic rings. The Morgan fingerprint density at radius 3 is 2.23 bits per heavy atom. The molecule has 2 N–H and O–H groups in total. The van der Waals surface area contributed by atoms with Crippen molar-refractivity contribution in [2.45, 2.75) is 58.3 Å². The summed E-state index contributed by atoms with van der Waals surface area (Å²) in [4.78, 5) is 13.1. The first kappa shape index (κ1) is 32.6. The van der Waals surface area contributed by atoms with E-state index in [1.165, 1.54) is 0 Å². The predicted molar refractivity (Wildman–Crippen MR) is 167 cm³/mol. The van der Waals surface area contributed by atoms with Crippen molar-refractivity contribution in [3.05, 3.63) is 77.0 Å². The number of carbonyl (C=O) groups is 1. The lowest BCUT2D eigenvalue weighted by Gasteiger charge is -2.27. The van der Waals surface area contributed by atoms with Crippen LogP contribution in [0.2, 0.25) is 0 Å². The van der Waals surface area contributed by atoms with Crippen molar-refractivity contribution in [1.82, 2.24) is 0 Å². The van der Waals surface area contributed by atoms with Crippen molar-refractivity contribution in [1.29, 1.82) is 0 Å². The maximum atomic E-state index is 11.4. The van der Waals surface area contributed by atoms with Gasteiger partial charge in [-0.2, -0.15) is 21.4 Å². The van der Waals surface area contributed by atoms with Gasteiger partial charge in [-0.3, -0.25) is 13.9 Å². The lowest BCUT2D eigenvalue weighted by Crippen LogP contribution is -2.29. The van der Waals surface area contributed by atoms with E-state index in [9.17, 15) is 30.7 Å². The number of ether oxygens (including phenoxy) is 1. The van der Waals surface area contributed by atoms with Crippen LogP contribution in [0.1, 0.15) is 57.2 Å². The minimum Gasteiger partial charge on any atom is -0.429 e. The monoisotopic (exact) mass is 631 g/mol. The second-order valence-corrected chi connectivity index (χ2v) is 15.2. The van der Waals surface area contributed by atoms with Crippen LogP contribution in [0.15, 0.2) is 60.3 Å². The number of fused-ring (bicyclic) bond motifs is 2. The first-order valence-electron chi connectivity index (χ1n) is 14.0. The van der Waals surface area contributed by atoms with Crippen LogP contribution in [-0.4, -0.2) is 67.3 Å². The summed E-state index contributed by atoms with van der Waals surface area (Å²) in [5.41, 5.74) is 5.90. The molecule has 0 aliphatic carbocycles. The van der Waals surface area contributed by atoms with E-state index in [0.29, 0.717) is 25.3 Å². The van der Waals surface area contributed by atoms with Crippen molar-refractivity contribution in [2.24, 2.45) is 0 Å². The molecule has 2 aromatic rings. The Morgan fingerprint density at radius 2 is 1.58 bits per heavy atom. The molecule has 4 rings (SSSR count). The molecule has 43 heavy (non-hydrogen) atoms. The van der Waals surface area contributed by atoms with Crippen LogP contribution in [0, 0.1) is 6.92 Å². The lowest BCUT2D eigenvalue weighted by atomic mass is 9.81. The van der Waals surface area contributed by atoms with Crippen LogP contribution in [0.25, 0.3) is 0 Å². The summed E-state index contributed by atoms with van der Waals surface area (Å²) < 4.78 is 71.4. The Kier molecular flexibility index (Phi) is 9.09. The number of hydrogen-bond donors (Lipinski definition) is 2. The Labute approximate surface area is 253 Å². The van der Waals surface area contributed by atoms with Crippen LogP contribution in [0.5, 0.6) is 5.75 Å². The van der Waals surface area contributed by atoms with Crippen molar-refractivity contribution in [2.75, 3.05) is 29.5 Å². The quantitative estimate of drug-likeness (QED) is 0.194. The molecule has 12 heteroatoms. The summed E-state index contributed by atoms with van der Waals surface area (Å²) in [7, 11) is -8.22. The molecule has 0 aromatic heterocycles. The number of rotatable bonds is 12. The Balaban J connectivity index is 1.76. The van der Waals surface area contributed by atoms with E-state index in [4.69, 9.17) is 4.74 Å². The Morgan fingerprint density at radius 1 is 0.907 bits per heavy atom. The van der Waals surface area contributed by atoms with Gasteiger partial charge in [0.25, 0.3) is 26.7 Å². The topological polar surface area (TPSA) is 141 Å². The molecule has 2 aliphatic heterocycles. The second kappa shape index (κ2) is 12.0. The van der Waals surface area contributed by atoms with Gasteiger partial charge in [0.05, 0.1) is 16.9 Å². The van der Waals surface area contributed by atoms with Gasteiger partial charge in [-0.1, -0.05) is 37.6 Å². The molecule has 0 fully saturated rings. The van der Waals surface area contributed by atoms with Crippen LogP contribution >= 0.6 is 0 Å².